The van der Waals surface area contributed by atoms with E-state index in [1.807, 2.05) is 0 Å². The molecule has 1 aliphatic heterocycles. The fourth-order valence-corrected chi connectivity index (χ4v) is 2.50. The summed E-state index contributed by atoms with van der Waals surface area (Å²) >= 11 is 0. The first-order valence-electron chi connectivity index (χ1n) is 8.06. The van der Waals surface area contributed by atoms with Crippen LogP contribution in [0.3, 0.4) is 0 Å². The SMILES string of the molecule is CC(=O)OCCCC[C@@H]1CO[C@H](c2ccc(C(C)C)cc2)O1. The third kappa shape index (κ3) is 5.11. The number of ether oxygens (including phenoxy) is 3. The molecule has 1 saturated heterocycles. The number of esters is 1. The number of benzene rings is 1. The summed E-state index contributed by atoms with van der Waals surface area (Å²) in [6, 6.07) is 8.45. The molecule has 0 spiro atoms. The molecule has 4 heteroatoms. The van der Waals surface area contributed by atoms with E-state index in [1.54, 1.807) is 0 Å². The Bertz CT molecular complexity index is 466. The van der Waals surface area contributed by atoms with Gasteiger partial charge in [-0.3, -0.25) is 4.79 Å². The molecule has 0 N–H and O–H groups in total. The molecule has 1 fully saturated rings. The van der Waals surface area contributed by atoms with Gasteiger partial charge < -0.3 is 14.2 Å². The molecule has 22 heavy (non-hydrogen) atoms. The highest BCUT2D eigenvalue weighted by atomic mass is 16.7. The molecule has 0 bridgehead atoms. The lowest BCUT2D eigenvalue weighted by Crippen LogP contribution is -2.10. The number of hydrogen-bond donors (Lipinski definition) is 0. The van der Waals surface area contributed by atoms with Crippen molar-refractivity contribution in [2.24, 2.45) is 0 Å². The highest BCUT2D eigenvalue weighted by molar-refractivity contribution is 5.65. The fourth-order valence-electron chi connectivity index (χ4n) is 2.50. The smallest absolute Gasteiger partial charge is 0.302 e. The highest BCUT2D eigenvalue weighted by Gasteiger charge is 2.26. The van der Waals surface area contributed by atoms with E-state index in [2.05, 4.69) is 38.1 Å². The van der Waals surface area contributed by atoms with Gasteiger partial charge >= 0.3 is 5.97 Å². The van der Waals surface area contributed by atoms with Gasteiger partial charge in [-0.1, -0.05) is 38.1 Å². The maximum atomic E-state index is 10.7. The maximum Gasteiger partial charge on any atom is 0.302 e. The molecule has 0 radical (unpaired) electrons. The topological polar surface area (TPSA) is 44.8 Å². The van der Waals surface area contributed by atoms with Crippen LogP contribution in [-0.4, -0.2) is 25.3 Å². The predicted molar refractivity (Wildman–Crippen MR) is 84.6 cm³/mol. The van der Waals surface area contributed by atoms with E-state index in [0.29, 0.717) is 19.1 Å². The van der Waals surface area contributed by atoms with Crippen molar-refractivity contribution in [3.05, 3.63) is 35.4 Å². The van der Waals surface area contributed by atoms with Gasteiger partial charge in [-0.05, 0) is 30.7 Å². The average Bonchev–Trinajstić information content (AvgIpc) is 2.95. The molecule has 122 valence electrons. The standard InChI is InChI=1S/C18H26O4/c1-13(2)15-7-9-16(10-8-15)18-21-12-17(22-18)6-4-5-11-20-14(3)19/h7-10,13,17-18H,4-6,11-12H2,1-3H3/t17-,18+/m1/s1. The number of unbranched alkanes of at least 4 members (excludes halogenated alkanes) is 1. The normalized spacial score (nSPS) is 21.3. The Labute approximate surface area is 132 Å². The Hall–Kier alpha value is -1.39. The second-order valence-electron chi connectivity index (χ2n) is 6.08. The fraction of sp³-hybridized carbons (Fsp3) is 0.611. The van der Waals surface area contributed by atoms with Gasteiger partial charge in [-0.15, -0.1) is 0 Å². The van der Waals surface area contributed by atoms with Crippen molar-refractivity contribution < 1.29 is 19.0 Å². The first-order valence-corrected chi connectivity index (χ1v) is 8.06. The lowest BCUT2D eigenvalue weighted by Gasteiger charge is -2.13. The molecule has 1 aromatic carbocycles. The molecular weight excluding hydrogens is 280 g/mol. The molecule has 0 aliphatic carbocycles. The Kier molecular flexibility index (Phi) is 6.40. The summed E-state index contributed by atoms with van der Waals surface area (Å²) in [5.41, 5.74) is 2.40. The van der Waals surface area contributed by atoms with Gasteiger partial charge in [0.05, 0.1) is 19.3 Å². The molecule has 2 atom stereocenters. The summed E-state index contributed by atoms with van der Waals surface area (Å²) in [5, 5.41) is 0. The lowest BCUT2D eigenvalue weighted by molar-refractivity contribution is -0.141. The van der Waals surface area contributed by atoms with E-state index in [4.69, 9.17) is 14.2 Å². The average molecular weight is 306 g/mol. The van der Waals surface area contributed by atoms with Crippen LogP contribution in [0.5, 0.6) is 0 Å². The zero-order valence-corrected chi connectivity index (χ0v) is 13.7. The number of carbonyl (C=O) groups excluding carboxylic acids is 1. The van der Waals surface area contributed by atoms with Crippen LogP contribution in [0.15, 0.2) is 24.3 Å². The van der Waals surface area contributed by atoms with Gasteiger partial charge in [0, 0.05) is 12.5 Å². The van der Waals surface area contributed by atoms with Crippen LogP contribution < -0.4 is 0 Å². The zero-order valence-electron chi connectivity index (χ0n) is 13.7. The maximum absolute atomic E-state index is 10.7. The minimum atomic E-state index is -0.250. The second-order valence-corrected chi connectivity index (χ2v) is 6.08. The molecule has 4 nitrogen and oxygen atoms in total. The molecule has 1 aromatic rings. The third-order valence-corrected chi connectivity index (χ3v) is 3.85. The molecule has 0 aromatic heterocycles. The predicted octanol–water partition coefficient (Wildman–Crippen LogP) is 3.96. The minimum Gasteiger partial charge on any atom is -0.466 e. The molecule has 0 saturated carbocycles. The molecule has 0 unspecified atom stereocenters. The van der Waals surface area contributed by atoms with Gasteiger partial charge in [-0.2, -0.15) is 0 Å². The van der Waals surface area contributed by atoms with Crippen molar-refractivity contribution in [3.8, 4) is 0 Å². The van der Waals surface area contributed by atoms with E-state index in [1.165, 1.54) is 12.5 Å². The van der Waals surface area contributed by atoms with E-state index >= 15 is 0 Å². The number of hydrogen-bond acceptors (Lipinski definition) is 4. The molecule has 2 rings (SSSR count). The van der Waals surface area contributed by atoms with Gasteiger partial charge in [-0.25, -0.2) is 0 Å². The van der Waals surface area contributed by atoms with Crippen molar-refractivity contribution >= 4 is 5.97 Å². The van der Waals surface area contributed by atoms with Crippen LogP contribution >= 0.6 is 0 Å². The number of carbonyl (C=O) groups is 1. The summed E-state index contributed by atoms with van der Waals surface area (Å²) in [5.74, 6) is 0.315. The lowest BCUT2D eigenvalue weighted by atomic mass is 10.0. The second kappa shape index (κ2) is 8.30. The van der Waals surface area contributed by atoms with Gasteiger partial charge in [0.15, 0.2) is 6.29 Å². The van der Waals surface area contributed by atoms with E-state index in [9.17, 15) is 4.79 Å². The largest absolute Gasteiger partial charge is 0.466 e. The molecule has 1 heterocycles. The summed E-state index contributed by atoms with van der Waals surface area (Å²) in [6.45, 7) is 6.92. The van der Waals surface area contributed by atoms with Crippen molar-refractivity contribution in [2.75, 3.05) is 13.2 Å². The van der Waals surface area contributed by atoms with Crippen molar-refractivity contribution in [1.82, 2.24) is 0 Å². The third-order valence-electron chi connectivity index (χ3n) is 3.85. The highest BCUT2D eigenvalue weighted by Crippen LogP contribution is 2.29. The van der Waals surface area contributed by atoms with Crippen LogP contribution in [0, 0.1) is 0 Å². The van der Waals surface area contributed by atoms with Crippen LogP contribution in [0.25, 0.3) is 0 Å². The summed E-state index contributed by atoms with van der Waals surface area (Å²) in [4.78, 5) is 10.7. The molecular formula is C18H26O4. The summed E-state index contributed by atoms with van der Waals surface area (Å²) in [6.07, 6.45) is 2.65. The first-order chi connectivity index (χ1) is 10.6. The minimum absolute atomic E-state index is 0.132. The molecule has 0 amide bonds. The van der Waals surface area contributed by atoms with E-state index in [0.717, 1.165) is 24.8 Å². The quantitative estimate of drug-likeness (QED) is 0.565. The summed E-state index contributed by atoms with van der Waals surface area (Å²) < 4.78 is 16.6. The zero-order chi connectivity index (χ0) is 15.9. The van der Waals surface area contributed by atoms with Crippen molar-refractivity contribution in [2.45, 2.75) is 58.3 Å². The van der Waals surface area contributed by atoms with E-state index in [-0.39, 0.29) is 18.4 Å². The van der Waals surface area contributed by atoms with Gasteiger partial charge in [0.2, 0.25) is 0 Å². The monoisotopic (exact) mass is 306 g/mol. The Morgan fingerprint density at radius 1 is 1.27 bits per heavy atom. The van der Waals surface area contributed by atoms with Crippen molar-refractivity contribution in [1.29, 1.82) is 0 Å². The van der Waals surface area contributed by atoms with E-state index < -0.39 is 0 Å². The van der Waals surface area contributed by atoms with Gasteiger partial charge in [0.1, 0.15) is 0 Å². The van der Waals surface area contributed by atoms with Gasteiger partial charge in [0.25, 0.3) is 0 Å². The van der Waals surface area contributed by atoms with Crippen LogP contribution in [0.2, 0.25) is 0 Å². The Balaban J connectivity index is 1.72. The Morgan fingerprint density at radius 2 is 2.00 bits per heavy atom. The Morgan fingerprint density at radius 3 is 2.64 bits per heavy atom. The van der Waals surface area contributed by atoms with Crippen LogP contribution in [-0.2, 0) is 19.0 Å². The van der Waals surface area contributed by atoms with Crippen molar-refractivity contribution in [3.63, 3.8) is 0 Å². The van der Waals surface area contributed by atoms with Crippen LogP contribution in [0.4, 0.5) is 0 Å². The van der Waals surface area contributed by atoms with Crippen LogP contribution in [0.1, 0.15) is 63.4 Å². The summed E-state index contributed by atoms with van der Waals surface area (Å²) in [7, 11) is 0. The first kappa shape index (κ1) is 17.0. The number of rotatable bonds is 7. The molecule has 1 aliphatic rings.